The number of hydrogen-bond donors (Lipinski definition) is 3. The van der Waals surface area contributed by atoms with Crippen molar-refractivity contribution in [1.82, 2.24) is 10.9 Å². The van der Waals surface area contributed by atoms with Gasteiger partial charge in [0.2, 0.25) is 0 Å². The van der Waals surface area contributed by atoms with Crippen LogP contribution in [0.1, 0.15) is 4.88 Å². The van der Waals surface area contributed by atoms with E-state index in [1.165, 1.54) is 4.88 Å². The first-order valence-corrected chi connectivity index (χ1v) is 8.58. The highest BCUT2D eigenvalue weighted by atomic mass is 35.5. The Bertz CT molecular complexity index is 662. The lowest BCUT2D eigenvalue weighted by Gasteiger charge is -2.13. The Morgan fingerprint density at radius 3 is 2.54 bits per heavy atom. The van der Waals surface area contributed by atoms with E-state index in [4.69, 9.17) is 16.3 Å². The molecule has 2 amide bonds. The van der Waals surface area contributed by atoms with Crippen LogP contribution in [-0.4, -0.2) is 32.0 Å². The van der Waals surface area contributed by atoms with Gasteiger partial charge in [0.25, 0.3) is 11.8 Å². The summed E-state index contributed by atoms with van der Waals surface area (Å²) >= 11 is 7.42. The minimum absolute atomic E-state index is 0.195. The Morgan fingerprint density at radius 2 is 1.88 bits per heavy atom. The maximum Gasteiger partial charge on any atom is 0.293 e. The summed E-state index contributed by atoms with van der Waals surface area (Å²) in [6.45, 7) is 0.828. The van der Waals surface area contributed by atoms with E-state index >= 15 is 0 Å². The number of carbonyl (C=O) groups is 2. The zero-order chi connectivity index (χ0) is 17.4. The Kier molecular flexibility index (Phi) is 7.05. The van der Waals surface area contributed by atoms with Crippen LogP contribution in [0.15, 0.2) is 41.8 Å². The number of amides is 2. The molecule has 1 atom stereocenters. The number of hydrogen-bond acceptors (Lipinski definition) is 4. The molecule has 0 saturated heterocycles. The molecule has 0 radical (unpaired) electrons. The van der Waals surface area contributed by atoms with E-state index in [0.29, 0.717) is 10.8 Å². The molecule has 128 valence electrons. The summed E-state index contributed by atoms with van der Waals surface area (Å²) in [5, 5.41) is 2.59. The Hall–Kier alpha value is -2.09. The predicted octanol–water partition coefficient (Wildman–Crippen LogP) is 0.643. The predicted molar refractivity (Wildman–Crippen MR) is 93.0 cm³/mol. The number of nitrogens with one attached hydrogen (secondary N) is 3. The zero-order valence-corrected chi connectivity index (χ0v) is 14.7. The van der Waals surface area contributed by atoms with Gasteiger partial charge in [-0.2, -0.15) is 0 Å². The number of rotatable bonds is 7. The summed E-state index contributed by atoms with van der Waals surface area (Å²) in [7, 11) is 1.92. The molecule has 6 nitrogen and oxygen atoms in total. The first-order chi connectivity index (χ1) is 11.5. The topological polar surface area (TPSA) is 71.9 Å². The number of carbonyl (C=O) groups excluding carboxylic acids is 2. The molecule has 1 aromatic carbocycles. The van der Waals surface area contributed by atoms with E-state index in [-0.39, 0.29) is 19.1 Å². The molecule has 0 saturated carbocycles. The van der Waals surface area contributed by atoms with Crippen LogP contribution in [0, 0.1) is 0 Å². The molecule has 0 aliphatic heterocycles. The van der Waals surface area contributed by atoms with Gasteiger partial charge in [0.1, 0.15) is 12.3 Å². The van der Waals surface area contributed by atoms with Crippen molar-refractivity contribution in [3.63, 3.8) is 0 Å². The fourth-order valence-electron chi connectivity index (χ4n) is 1.95. The molecule has 3 N–H and O–H groups in total. The average molecular weight is 369 g/mol. The van der Waals surface area contributed by atoms with Gasteiger partial charge in [0.05, 0.1) is 11.9 Å². The van der Waals surface area contributed by atoms with Gasteiger partial charge in [-0.1, -0.05) is 17.7 Å². The van der Waals surface area contributed by atoms with Crippen LogP contribution in [-0.2, 0) is 16.1 Å². The van der Waals surface area contributed by atoms with Crippen LogP contribution in [0.5, 0.6) is 5.75 Å². The summed E-state index contributed by atoms with van der Waals surface area (Å²) in [6, 6.07) is 10.7. The second-order valence-corrected chi connectivity index (χ2v) is 6.70. The summed E-state index contributed by atoms with van der Waals surface area (Å²) in [6.07, 6.45) is 0. The SMILES string of the molecule is C[NH+](CC(=O)NNC(=O)COc1ccc(Cl)cc1)Cc1cccs1. The smallest absolute Gasteiger partial charge is 0.293 e. The third kappa shape index (κ3) is 6.57. The molecular formula is C16H19ClN3O3S+. The molecule has 0 aliphatic carbocycles. The molecule has 1 heterocycles. The number of benzene rings is 1. The first-order valence-electron chi connectivity index (χ1n) is 7.32. The molecule has 0 bridgehead atoms. The van der Waals surface area contributed by atoms with Crippen LogP contribution in [0.3, 0.4) is 0 Å². The van der Waals surface area contributed by atoms with Gasteiger partial charge in [0, 0.05) is 5.02 Å². The number of ether oxygens (including phenoxy) is 1. The average Bonchev–Trinajstić information content (AvgIpc) is 3.05. The molecular weight excluding hydrogens is 350 g/mol. The number of hydrazine groups is 1. The number of likely N-dealkylation sites (N-methyl/N-ethyl adjacent to an activating group) is 1. The minimum atomic E-state index is -0.436. The minimum Gasteiger partial charge on any atom is -0.484 e. The van der Waals surface area contributed by atoms with Gasteiger partial charge in [-0.25, -0.2) is 0 Å². The number of quaternary nitrogens is 1. The molecule has 0 spiro atoms. The van der Waals surface area contributed by atoms with Gasteiger partial charge in [-0.3, -0.25) is 20.4 Å². The monoisotopic (exact) mass is 368 g/mol. The molecule has 2 aromatic rings. The van der Waals surface area contributed by atoms with Crippen molar-refractivity contribution in [2.75, 3.05) is 20.2 Å². The van der Waals surface area contributed by atoms with Gasteiger partial charge < -0.3 is 9.64 Å². The first kappa shape index (κ1) is 18.3. The molecule has 24 heavy (non-hydrogen) atoms. The fourth-order valence-corrected chi connectivity index (χ4v) is 2.89. The lowest BCUT2D eigenvalue weighted by molar-refractivity contribution is -0.885. The fraction of sp³-hybridized carbons (Fsp3) is 0.250. The standard InChI is InChI=1S/C16H18ClN3O3S/c1-20(9-14-3-2-8-24-14)10-15(21)18-19-16(22)11-23-13-6-4-12(17)5-7-13/h2-8H,9-11H2,1H3,(H,18,21)(H,19,22)/p+1. The lowest BCUT2D eigenvalue weighted by atomic mass is 10.3. The third-order valence-corrected chi connectivity index (χ3v) is 4.17. The molecule has 8 heteroatoms. The van der Waals surface area contributed by atoms with Gasteiger partial charge in [0.15, 0.2) is 13.2 Å². The van der Waals surface area contributed by atoms with Crippen molar-refractivity contribution in [3.05, 3.63) is 51.7 Å². The highest BCUT2D eigenvalue weighted by Gasteiger charge is 2.12. The lowest BCUT2D eigenvalue weighted by Crippen LogP contribution is -3.09. The van der Waals surface area contributed by atoms with Crippen LogP contribution < -0.4 is 20.5 Å². The van der Waals surface area contributed by atoms with Crippen molar-refractivity contribution < 1.29 is 19.2 Å². The number of halogens is 1. The van der Waals surface area contributed by atoms with E-state index in [0.717, 1.165) is 11.4 Å². The maximum atomic E-state index is 11.8. The molecule has 2 rings (SSSR count). The third-order valence-electron chi connectivity index (χ3n) is 3.04. The Labute approximate surface area is 149 Å². The largest absolute Gasteiger partial charge is 0.484 e. The highest BCUT2D eigenvalue weighted by molar-refractivity contribution is 7.09. The summed E-state index contributed by atoms with van der Waals surface area (Å²) in [5.41, 5.74) is 4.71. The van der Waals surface area contributed by atoms with Crippen molar-refractivity contribution >= 4 is 34.8 Å². The van der Waals surface area contributed by atoms with E-state index in [1.54, 1.807) is 35.6 Å². The second kappa shape index (κ2) is 9.27. The molecule has 1 aromatic heterocycles. The summed E-state index contributed by atoms with van der Waals surface area (Å²) in [5.74, 6) is -0.167. The van der Waals surface area contributed by atoms with Crippen molar-refractivity contribution in [2.24, 2.45) is 0 Å². The second-order valence-electron chi connectivity index (χ2n) is 5.23. The molecule has 0 fully saturated rings. The van der Waals surface area contributed by atoms with E-state index in [9.17, 15) is 9.59 Å². The van der Waals surface area contributed by atoms with Crippen LogP contribution in [0.2, 0.25) is 5.02 Å². The van der Waals surface area contributed by atoms with E-state index < -0.39 is 5.91 Å². The van der Waals surface area contributed by atoms with Crippen molar-refractivity contribution in [3.8, 4) is 5.75 Å². The summed E-state index contributed by atoms with van der Waals surface area (Å²) in [4.78, 5) is 25.7. The highest BCUT2D eigenvalue weighted by Crippen LogP contribution is 2.15. The molecule has 1 unspecified atom stereocenters. The summed E-state index contributed by atoms with van der Waals surface area (Å²) < 4.78 is 5.28. The number of thiophene rings is 1. The van der Waals surface area contributed by atoms with E-state index in [2.05, 4.69) is 10.9 Å². The van der Waals surface area contributed by atoms with Crippen molar-refractivity contribution in [1.29, 1.82) is 0 Å². The van der Waals surface area contributed by atoms with E-state index in [1.807, 2.05) is 24.6 Å². The van der Waals surface area contributed by atoms with Gasteiger partial charge >= 0.3 is 0 Å². The normalized spacial score (nSPS) is 11.6. The van der Waals surface area contributed by atoms with Crippen molar-refractivity contribution in [2.45, 2.75) is 6.54 Å². The molecule has 0 aliphatic rings. The van der Waals surface area contributed by atoms with Crippen LogP contribution >= 0.6 is 22.9 Å². The maximum absolute atomic E-state index is 11.8. The quantitative estimate of drug-likeness (QED) is 0.628. The van der Waals surface area contributed by atoms with Crippen LogP contribution in [0.25, 0.3) is 0 Å². The Morgan fingerprint density at radius 1 is 1.17 bits per heavy atom. The van der Waals surface area contributed by atoms with Gasteiger partial charge in [-0.05, 0) is 35.7 Å². The Balaban J connectivity index is 1.63. The van der Waals surface area contributed by atoms with Crippen LogP contribution in [0.4, 0.5) is 0 Å². The zero-order valence-electron chi connectivity index (χ0n) is 13.2. The van der Waals surface area contributed by atoms with Gasteiger partial charge in [-0.15, -0.1) is 11.3 Å².